The van der Waals surface area contributed by atoms with Crippen LogP contribution in [0, 0.1) is 6.92 Å². The number of benzene rings is 2. The van der Waals surface area contributed by atoms with Crippen molar-refractivity contribution in [1.82, 2.24) is 15.0 Å². The lowest BCUT2D eigenvalue weighted by molar-refractivity contribution is -0.139. The van der Waals surface area contributed by atoms with Gasteiger partial charge in [0.2, 0.25) is 11.7 Å². The second-order valence-corrected chi connectivity index (χ2v) is 8.14. The van der Waals surface area contributed by atoms with Gasteiger partial charge in [0, 0.05) is 16.1 Å². The normalized spacial score (nSPS) is 11.3. The molecule has 3 aromatic rings. The third-order valence-electron chi connectivity index (χ3n) is 4.40. The summed E-state index contributed by atoms with van der Waals surface area (Å²) in [6, 6.07) is 14.9. The van der Waals surface area contributed by atoms with Gasteiger partial charge in [-0.05, 0) is 51.5 Å². The van der Waals surface area contributed by atoms with E-state index in [2.05, 4.69) is 10.1 Å². The van der Waals surface area contributed by atoms with E-state index in [1.54, 1.807) is 23.1 Å². The van der Waals surface area contributed by atoms with E-state index in [9.17, 15) is 4.79 Å². The molecule has 0 spiro atoms. The molecule has 6 nitrogen and oxygen atoms in total. The van der Waals surface area contributed by atoms with Crippen LogP contribution in [0.25, 0.3) is 11.4 Å². The average molecular weight is 414 g/mol. The van der Waals surface area contributed by atoms with Crippen LogP contribution in [0.3, 0.4) is 0 Å². The number of nitrogens with zero attached hydrogens (tertiary/aromatic N) is 3. The Morgan fingerprint density at radius 3 is 2.55 bits per heavy atom. The number of amides is 1. The van der Waals surface area contributed by atoms with Crippen LogP contribution in [-0.2, 0) is 11.3 Å². The number of aromatic nitrogens is 2. The number of hydrogen-bond acceptors (Lipinski definition) is 5. The van der Waals surface area contributed by atoms with Crippen LogP contribution in [-0.4, -0.2) is 33.1 Å². The second kappa shape index (κ2) is 8.66. The Balaban J connectivity index is 1.70. The first kappa shape index (κ1) is 20.9. The van der Waals surface area contributed by atoms with Crippen LogP contribution in [0.4, 0.5) is 0 Å². The summed E-state index contributed by atoms with van der Waals surface area (Å²) in [4.78, 5) is 19.0. The highest BCUT2D eigenvalue weighted by molar-refractivity contribution is 6.31. The van der Waals surface area contributed by atoms with Gasteiger partial charge in [0.15, 0.2) is 6.61 Å². The van der Waals surface area contributed by atoms with E-state index in [-0.39, 0.29) is 19.1 Å². The Morgan fingerprint density at radius 2 is 1.90 bits per heavy atom. The molecule has 0 unspecified atom stereocenters. The van der Waals surface area contributed by atoms with Gasteiger partial charge in [0.05, 0.1) is 0 Å². The summed E-state index contributed by atoms with van der Waals surface area (Å²) < 4.78 is 11.1. The minimum Gasteiger partial charge on any atom is -0.484 e. The van der Waals surface area contributed by atoms with Crippen molar-refractivity contribution in [3.05, 3.63) is 65.0 Å². The number of carbonyl (C=O) groups excluding carboxylic acids is 1. The van der Waals surface area contributed by atoms with Gasteiger partial charge in [-0.3, -0.25) is 4.79 Å². The van der Waals surface area contributed by atoms with Gasteiger partial charge >= 0.3 is 0 Å². The Kier molecular flexibility index (Phi) is 6.23. The van der Waals surface area contributed by atoms with Crippen molar-refractivity contribution in [1.29, 1.82) is 0 Å². The van der Waals surface area contributed by atoms with E-state index >= 15 is 0 Å². The maximum absolute atomic E-state index is 12.9. The molecule has 2 aromatic carbocycles. The summed E-state index contributed by atoms with van der Waals surface area (Å²) in [5.74, 6) is 1.28. The lowest BCUT2D eigenvalue weighted by Crippen LogP contribution is -2.47. The first-order valence-corrected chi connectivity index (χ1v) is 9.69. The fourth-order valence-electron chi connectivity index (χ4n) is 2.79. The highest BCUT2D eigenvalue weighted by Crippen LogP contribution is 2.23. The summed E-state index contributed by atoms with van der Waals surface area (Å²) in [6.07, 6.45) is 0. The van der Waals surface area contributed by atoms with E-state index in [1.807, 2.05) is 58.0 Å². The van der Waals surface area contributed by atoms with Crippen LogP contribution >= 0.6 is 11.6 Å². The van der Waals surface area contributed by atoms with Crippen LogP contribution in [0.1, 0.15) is 32.2 Å². The van der Waals surface area contributed by atoms with Crippen LogP contribution < -0.4 is 4.74 Å². The molecule has 0 N–H and O–H groups in total. The van der Waals surface area contributed by atoms with E-state index < -0.39 is 5.54 Å². The van der Waals surface area contributed by atoms with Gasteiger partial charge in [-0.1, -0.05) is 47.1 Å². The quantitative estimate of drug-likeness (QED) is 0.574. The zero-order valence-electron chi connectivity index (χ0n) is 17.0. The van der Waals surface area contributed by atoms with Crippen molar-refractivity contribution in [2.24, 2.45) is 0 Å². The van der Waals surface area contributed by atoms with Gasteiger partial charge in [0.1, 0.15) is 12.3 Å². The van der Waals surface area contributed by atoms with Crippen LogP contribution in [0.5, 0.6) is 5.75 Å². The molecular formula is C22H24ClN3O3. The van der Waals surface area contributed by atoms with Crippen LogP contribution in [0.2, 0.25) is 5.02 Å². The average Bonchev–Trinajstić information content (AvgIpc) is 3.15. The Hall–Kier alpha value is -2.86. The summed E-state index contributed by atoms with van der Waals surface area (Å²) in [7, 11) is 0. The molecule has 0 aliphatic rings. The Bertz CT molecular complexity index is 980. The number of halogens is 1. The zero-order valence-corrected chi connectivity index (χ0v) is 17.7. The largest absolute Gasteiger partial charge is 0.484 e. The zero-order chi connectivity index (χ0) is 21.0. The summed E-state index contributed by atoms with van der Waals surface area (Å²) in [5, 5.41) is 4.68. The highest BCUT2D eigenvalue weighted by Gasteiger charge is 2.29. The number of hydrogen-bond donors (Lipinski definition) is 0. The summed E-state index contributed by atoms with van der Waals surface area (Å²) in [5.41, 5.74) is 1.30. The molecule has 0 saturated carbocycles. The fraction of sp³-hybridized carbons (Fsp3) is 0.318. The predicted molar refractivity (Wildman–Crippen MR) is 112 cm³/mol. The van der Waals surface area contributed by atoms with Crippen molar-refractivity contribution in [3.8, 4) is 17.1 Å². The first-order chi connectivity index (χ1) is 13.7. The molecule has 7 heteroatoms. The highest BCUT2D eigenvalue weighted by atomic mass is 35.5. The molecular weight excluding hydrogens is 390 g/mol. The van der Waals surface area contributed by atoms with E-state index in [4.69, 9.17) is 20.9 Å². The van der Waals surface area contributed by atoms with Gasteiger partial charge in [-0.15, -0.1) is 0 Å². The molecule has 1 aromatic heterocycles. The van der Waals surface area contributed by atoms with E-state index in [1.165, 1.54) is 0 Å². The van der Waals surface area contributed by atoms with Crippen molar-refractivity contribution < 1.29 is 14.1 Å². The topological polar surface area (TPSA) is 68.5 Å². The molecule has 1 amide bonds. The first-order valence-electron chi connectivity index (χ1n) is 9.31. The molecule has 0 aliphatic carbocycles. The lowest BCUT2D eigenvalue weighted by atomic mass is 10.1. The predicted octanol–water partition coefficient (Wildman–Crippen LogP) is 4.90. The van der Waals surface area contributed by atoms with E-state index in [0.717, 1.165) is 11.1 Å². The smallest absolute Gasteiger partial charge is 0.261 e. The molecule has 0 atom stereocenters. The SMILES string of the molecule is Cc1cc(OCC(=O)N(Cc2nc(-c3ccccc3)no2)C(C)(C)C)ccc1Cl. The molecule has 0 aliphatic heterocycles. The van der Waals surface area contributed by atoms with Crippen molar-refractivity contribution >= 4 is 17.5 Å². The lowest BCUT2D eigenvalue weighted by Gasteiger charge is -2.34. The van der Waals surface area contributed by atoms with Crippen LogP contribution in [0.15, 0.2) is 53.1 Å². The van der Waals surface area contributed by atoms with Gasteiger partial charge in [-0.25, -0.2) is 0 Å². The van der Waals surface area contributed by atoms with Crippen molar-refractivity contribution in [2.75, 3.05) is 6.61 Å². The molecule has 152 valence electrons. The summed E-state index contributed by atoms with van der Waals surface area (Å²) in [6.45, 7) is 7.84. The molecule has 3 rings (SSSR count). The van der Waals surface area contributed by atoms with Crippen molar-refractivity contribution in [2.45, 2.75) is 39.8 Å². The fourth-order valence-corrected chi connectivity index (χ4v) is 2.91. The standard InChI is InChI=1S/C22H24ClN3O3/c1-15-12-17(10-11-18(15)23)28-14-20(27)26(22(2,3)4)13-19-24-21(25-29-19)16-8-6-5-7-9-16/h5-12H,13-14H2,1-4H3. The third kappa shape index (κ3) is 5.35. The molecule has 29 heavy (non-hydrogen) atoms. The minimum atomic E-state index is -0.447. The second-order valence-electron chi connectivity index (χ2n) is 7.73. The number of carbonyl (C=O) groups is 1. The van der Waals surface area contributed by atoms with Crippen molar-refractivity contribution in [3.63, 3.8) is 0 Å². The molecule has 1 heterocycles. The number of aryl methyl sites for hydroxylation is 1. The number of rotatable bonds is 6. The molecule has 0 bridgehead atoms. The van der Waals surface area contributed by atoms with Gasteiger partial charge in [-0.2, -0.15) is 4.98 Å². The maximum Gasteiger partial charge on any atom is 0.261 e. The monoisotopic (exact) mass is 413 g/mol. The Morgan fingerprint density at radius 1 is 1.17 bits per heavy atom. The molecule has 0 fully saturated rings. The summed E-state index contributed by atoms with van der Waals surface area (Å²) >= 11 is 6.04. The minimum absolute atomic E-state index is 0.0992. The maximum atomic E-state index is 12.9. The Labute approximate surface area is 175 Å². The van der Waals surface area contributed by atoms with E-state index in [0.29, 0.717) is 22.5 Å². The number of ether oxygens (including phenoxy) is 1. The van der Waals surface area contributed by atoms with Gasteiger partial charge in [0.25, 0.3) is 5.91 Å². The third-order valence-corrected chi connectivity index (χ3v) is 4.82. The van der Waals surface area contributed by atoms with Gasteiger partial charge < -0.3 is 14.2 Å². The molecule has 0 radical (unpaired) electrons. The molecule has 0 saturated heterocycles.